The van der Waals surface area contributed by atoms with Crippen molar-refractivity contribution in [3.05, 3.63) is 58.4 Å². The minimum atomic E-state index is 0.469. The molecule has 3 aromatic rings. The third-order valence-electron chi connectivity index (χ3n) is 3.06. The fourth-order valence-corrected chi connectivity index (χ4v) is 2.95. The van der Waals surface area contributed by atoms with Gasteiger partial charge in [0, 0.05) is 27.9 Å². The molecule has 0 amide bonds. The molecule has 2 aromatic heterocycles. The number of H-pyrrole nitrogens is 1. The number of para-hydroxylation sites is 1. The zero-order chi connectivity index (χ0) is 11.0. The van der Waals surface area contributed by atoms with E-state index in [1.807, 2.05) is 11.3 Å². The van der Waals surface area contributed by atoms with Crippen LogP contribution >= 0.6 is 11.3 Å². The fourth-order valence-electron chi connectivity index (χ4n) is 2.14. The van der Waals surface area contributed by atoms with Gasteiger partial charge in [-0.05, 0) is 23.1 Å². The molecule has 0 aliphatic rings. The van der Waals surface area contributed by atoms with Crippen LogP contribution in [0.2, 0.25) is 0 Å². The quantitative estimate of drug-likeness (QED) is 0.668. The summed E-state index contributed by atoms with van der Waals surface area (Å²) in [6.07, 6.45) is 2.13. The van der Waals surface area contributed by atoms with E-state index in [0.29, 0.717) is 5.92 Å². The molecule has 0 radical (unpaired) electrons. The van der Waals surface area contributed by atoms with Crippen molar-refractivity contribution in [1.82, 2.24) is 4.98 Å². The summed E-state index contributed by atoms with van der Waals surface area (Å²) in [5, 5.41) is 3.48. The smallest absolute Gasteiger partial charge is 0.0457 e. The van der Waals surface area contributed by atoms with E-state index in [-0.39, 0.29) is 0 Å². The van der Waals surface area contributed by atoms with Crippen LogP contribution in [0.4, 0.5) is 0 Å². The second kappa shape index (κ2) is 3.80. The maximum atomic E-state index is 3.34. The number of thiophene rings is 1. The molecule has 0 saturated heterocycles. The summed E-state index contributed by atoms with van der Waals surface area (Å²) in [6, 6.07) is 12.8. The number of hydrogen-bond donors (Lipinski definition) is 1. The van der Waals surface area contributed by atoms with Crippen molar-refractivity contribution in [2.45, 2.75) is 12.8 Å². The highest BCUT2D eigenvalue weighted by molar-refractivity contribution is 7.10. The molecule has 0 aliphatic heterocycles. The number of aromatic nitrogens is 1. The number of aromatic amines is 1. The molecule has 0 saturated carbocycles. The van der Waals surface area contributed by atoms with Crippen molar-refractivity contribution in [3.8, 4) is 0 Å². The van der Waals surface area contributed by atoms with E-state index in [0.717, 1.165) is 0 Å². The first-order chi connectivity index (χ1) is 7.86. The lowest BCUT2D eigenvalue weighted by molar-refractivity contribution is 0.958. The average Bonchev–Trinajstić information content (AvgIpc) is 2.98. The van der Waals surface area contributed by atoms with Crippen LogP contribution in [0.15, 0.2) is 48.0 Å². The van der Waals surface area contributed by atoms with Gasteiger partial charge in [0.25, 0.3) is 0 Å². The summed E-state index contributed by atoms with van der Waals surface area (Å²) in [5.41, 5.74) is 2.61. The normalized spacial score (nSPS) is 13.1. The summed E-state index contributed by atoms with van der Waals surface area (Å²) < 4.78 is 0. The van der Waals surface area contributed by atoms with E-state index in [1.54, 1.807) is 0 Å². The summed E-state index contributed by atoms with van der Waals surface area (Å²) >= 11 is 1.82. The third kappa shape index (κ3) is 1.46. The molecule has 1 nitrogen and oxygen atoms in total. The van der Waals surface area contributed by atoms with Gasteiger partial charge in [0.15, 0.2) is 0 Å². The monoisotopic (exact) mass is 227 g/mol. The molecule has 1 atom stereocenters. The predicted molar refractivity (Wildman–Crippen MR) is 70.1 cm³/mol. The Hall–Kier alpha value is -1.54. The lowest BCUT2D eigenvalue weighted by atomic mass is 9.99. The van der Waals surface area contributed by atoms with Crippen molar-refractivity contribution >= 4 is 22.2 Å². The Morgan fingerprint density at radius 1 is 1.12 bits per heavy atom. The first-order valence-corrected chi connectivity index (χ1v) is 6.33. The molecule has 1 N–H and O–H groups in total. The van der Waals surface area contributed by atoms with Crippen molar-refractivity contribution in [2.24, 2.45) is 0 Å². The molecule has 0 bridgehead atoms. The van der Waals surface area contributed by atoms with E-state index in [4.69, 9.17) is 0 Å². The number of nitrogens with one attached hydrogen (secondary N) is 1. The van der Waals surface area contributed by atoms with Gasteiger partial charge in [-0.3, -0.25) is 0 Å². The van der Waals surface area contributed by atoms with Gasteiger partial charge in [0.1, 0.15) is 0 Å². The number of fused-ring (bicyclic) bond motifs is 1. The second-order valence-corrected chi connectivity index (χ2v) is 5.01. The standard InChI is InChI=1S/C14H13NS/c1-10(14-7-4-8-16-14)12-9-15-13-6-3-2-5-11(12)13/h2-10,15H,1H3. The van der Waals surface area contributed by atoms with Crippen molar-refractivity contribution in [1.29, 1.82) is 0 Å². The zero-order valence-corrected chi connectivity index (χ0v) is 9.92. The van der Waals surface area contributed by atoms with Crippen molar-refractivity contribution in [3.63, 3.8) is 0 Å². The van der Waals surface area contributed by atoms with Gasteiger partial charge in [-0.15, -0.1) is 11.3 Å². The van der Waals surface area contributed by atoms with Crippen LogP contribution in [-0.2, 0) is 0 Å². The summed E-state index contributed by atoms with van der Waals surface area (Å²) in [6.45, 7) is 2.27. The molecule has 1 aromatic carbocycles. The Bertz CT molecular complexity index is 592. The van der Waals surface area contributed by atoms with Gasteiger partial charge >= 0.3 is 0 Å². The Morgan fingerprint density at radius 2 is 2.00 bits per heavy atom. The predicted octanol–water partition coefficient (Wildman–Crippen LogP) is 4.38. The largest absolute Gasteiger partial charge is 0.361 e. The van der Waals surface area contributed by atoms with Gasteiger partial charge in [0.2, 0.25) is 0 Å². The fraction of sp³-hybridized carbons (Fsp3) is 0.143. The molecule has 0 fully saturated rings. The molecule has 0 spiro atoms. The van der Waals surface area contributed by atoms with E-state index in [2.05, 4.69) is 59.9 Å². The molecule has 1 unspecified atom stereocenters. The summed E-state index contributed by atoms with van der Waals surface area (Å²) in [7, 11) is 0. The minimum Gasteiger partial charge on any atom is -0.361 e. The SMILES string of the molecule is CC(c1cccs1)c1c[nH]c2ccccc12. The molecule has 2 heterocycles. The van der Waals surface area contributed by atoms with Crippen LogP contribution in [0.5, 0.6) is 0 Å². The van der Waals surface area contributed by atoms with Gasteiger partial charge in [-0.25, -0.2) is 0 Å². The Labute approximate surface area is 98.7 Å². The third-order valence-corrected chi connectivity index (χ3v) is 4.11. The van der Waals surface area contributed by atoms with Gasteiger partial charge in [-0.2, -0.15) is 0 Å². The van der Waals surface area contributed by atoms with E-state index >= 15 is 0 Å². The number of hydrogen-bond acceptors (Lipinski definition) is 1. The lowest BCUT2D eigenvalue weighted by Crippen LogP contribution is -1.90. The molecule has 16 heavy (non-hydrogen) atoms. The van der Waals surface area contributed by atoms with E-state index < -0.39 is 0 Å². The maximum absolute atomic E-state index is 3.34. The van der Waals surface area contributed by atoms with Crippen LogP contribution in [-0.4, -0.2) is 4.98 Å². The molecular formula is C14H13NS. The molecular weight excluding hydrogens is 214 g/mol. The summed E-state index contributed by atoms with van der Waals surface area (Å²) in [5.74, 6) is 0.469. The highest BCUT2D eigenvalue weighted by Crippen LogP contribution is 2.32. The highest BCUT2D eigenvalue weighted by Gasteiger charge is 2.13. The second-order valence-electron chi connectivity index (χ2n) is 4.03. The first-order valence-electron chi connectivity index (χ1n) is 5.45. The minimum absolute atomic E-state index is 0.469. The molecule has 0 aliphatic carbocycles. The number of rotatable bonds is 2. The van der Waals surface area contributed by atoms with Gasteiger partial charge < -0.3 is 4.98 Å². The zero-order valence-electron chi connectivity index (χ0n) is 9.10. The highest BCUT2D eigenvalue weighted by atomic mass is 32.1. The van der Waals surface area contributed by atoms with E-state index in [1.165, 1.54) is 21.3 Å². The van der Waals surface area contributed by atoms with Crippen LogP contribution in [0.1, 0.15) is 23.3 Å². The van der Waals surface area contributed by atoms with Crippen molar-refractivity contribution < 1.29 is 0 Å². The van der Waals surface area contributed by atoms with Gasteiger partial charge in [-0.1, -0.05) is 31.2 Å². The van der Waals surface area contributed by atoms with Crippen LogP contribution in [0.3, 0.4) is 0 Å². The van der Waals surface area contributed by atoms with Crippen LogP contribution in [0, 0.1) is 0 Å². The van der Waals surface area contributed by atoms with Gasteiger partial charge in [0.05, 0.1) is 0 Å². The van der Waals surface area contributed by atoms with Crippen molar-refractivity contribution in [2.75, 3.05) is 0 Å². The van der Waals surface area contributed by atoms with Crippen LogP contribution < -0.4 is 0 Å². The van der Waals surface area contributed by atoms with E-state index in [9.17, 15) is 0 Å². The maximum Gasteiger partial charge on any atom is 0.0457 e. The number of benzene rings is 1. The lowest BCUT2D eigenvalue weighted by Gasteiger charge is -2.07. The topological polar surface area (TPSA) is 15.8 Å². The molecule has 80 valence electrons. The Balaban J connectivity index is 2.12. The average molecular weight is 227 g/mol. The first kappa shape index (κ1) is 9.67. The summed E-state index contributed by atoms with van der Waals surface area (Å²) in [4.78, 5) is 4.76. The van der Waals surface area contributed by atoms with Crippen LogP contribution in [0.25, 0.3) is 10.9 Å². The Morgan fingerprint density at radius 3 is 2.81 bits per heavy atom. The molecule has 3 rings (SSSR count). The Kier molecular flexibility index (Phi) is 2.29. The molecule has 2 heteroatoms.